The van der Waals surface area contributed by atoms with Crippen LogP contribution in [0.3, 0.4) is 0 Å². The molecule has 1 saturated heterocycles. The van der Waals surface area contributed by atoms with E-state index in [9.17, 15) is 8.78 Å². The Morgan fingerprint density at radius 1 is 0.889 bits per heavy atom. The first-order chi connectivity index (χ1) is 13.2. The summed E-state index contributed by atoms with van der Waals surface area (Å²) in [7, 11) is 0. The van der Waals surface area contributed by atoms with E-state index in [-0.39, 0.29) is 12.2 Å². The van der Waals surface area contributed by atoms with E-state index in [1.54, 1.807) is 0 Å². The zero-order chi connectivity index (χ0) is 19.1. The van der Waals surface area contributed by atoms with E-state index in [1.165, 1.54) is 6.42 Å². The first-order valence-corrected chi connectivity index (χ1v) is 11.0. The molecule has 3 rings (SSSR count). The smallest absolute Gasteiger partial charge is 0.266 e. The van der Waals surface area contributed by atoms with E-state index < -0.39 is 6.08 Å². The van der Waals surface area contributed by atoms with Gasteiger partial charge >= 0.3 is 0 Å². The highest BCUT2D eigenvalue weighted by Crippen LogP contribution is 2.38. The van der Waals surface area contributed by atoms with Gasteiger partial charge < -0.3 is 14.2 Å². The average Bonchev–Trinajstić information content (AvgIpc) is 2.69. The van der Waals surface area contributed by atoms with Gasteiger partial charge in [-0.05, 0) is 75.7 Å². The summed E-state index contributed by atoms with van der Waals surface area (Å²) in [6, 6.07) is 0. The molecule has 0 radical (unpaired) electrons. The predicted octanol–water partition coefficient (Wildman–Crippen LogP) is 5.94. The molecular formula is C22H36F2O3. The molecule has 0 amide bonds. The van der Waals surface area contributed by atoms with Crippen molar-refractivity contribution in [3.63, 3.8) is 0 Å². The predicted molar refractivity (Wildman–Crippen MR) is 102 cm³/mol. The Hall–Kier alpha value is -0.520. The van der Waals surface area contributed by atoms with Gasteiger partial charge in [-0.3, -0.25) is 0 Å². The Kier molecular flexibility index (Phi) is 8.53. The summed E-state index contributed by atoms with van der Waals surface area (Å²) in [4.78, 5) is 0. The number of unbranched alkanes of at least 4 members (excludes halogenated alkanes) is 1. The van der Waals surface area contributed by atoms with E-state index in [2.05, 4.69) is 6.92 Å². The number of ether oxygens (including phenoxy) is 3. The molecule has 0 aromatic rings. The molecule has 0 unspecified atom stereocenters. The van der Waals surface area contributed by atoms with Crippen LogP contribution < -0.4 is 0 Å². The van der Waals surface area contributed by atoms with Crippen LogP contribution >= 0.6 is 0 Å². The van der Waals surface area contributed by atoms with Crippen LogP contribution in [0.25, 0.3) is 0 Å². The monoisotopic (exact) mass is 386 g/mol. The quantitative estimate of drug-likeness (QED) is 0.507. The molecule has 2 saturated carbocycles. The van der Waals surface area contributed by atoms with Crippen molar-refractivity contribution in [3.05, 3.63) is 12.2 Å². The SMILES string of the molecule is CCCCOC1CCC(C2OCC(C3CCC(C=C(F)F)CC3)CO2)CC1. The van der Waals surface area contributed by atoms with Gasteiger partial charge in [0.25, 0.3) is 6.08 Å². The third-order valence-corrected chi connectivity index (χ3v) is 6.75. The Labute approximate surface area is 162 Å². The third-order valence-electron chi connectivity index (χ3n) is 6.75. The average molecular weight is 387 g/mol. The summed E-state index contributed by atoms with van der Waals surface area (Å²) in [6.07, 6.45) is 10.5. The van der Waals surface area contributed by atoms with Gasteiger partial charge in [-0.25, -0.2) is 0 Å². The normalized spacial score (nSPS) is 37.7. The fraction of sp³-hybridized carbons (Fsp3) is 0.909. The maximum atomic E-state index is 12.4. The summed E-state index contributed by atoms with van der Waals surface area (Å²) in [6.45, 7) is 4.61. The van der Waals surface area contributed by atoms with Crippen molar-refractivity contribution >= 4 is 0 Å². The van der Waals surface area contributed by atoms with Crippen molar-refractivity contribution in [1.82, 2.24) is 0 Å². The van der Waals surface area contributed by atoms with E-state index in [4.69, 9.17) is 14.2 Å². The second-order valence-electron chi connectivity index (χ2n) is 8.69. The maximum Gasteiger partial charge on any atom is 0.266 e. The molecule has 1 aliphatic heterocycles. The highest BCUT2D eigenvalue weighted by atomic mass is 19.3. The number of rotatable bonds is 7. The topological polar surface area (TPSA) is 27.7 Å². The molecule has 156 valence electrons. The molecule has 0 aromatic heterocycles. The standard InChI is InChI=1S/C22H36F2O3/c1-2-3-12-25-20-10-8-18(9-11-20)22-26-14-19(15-27-22)17-6-4-16(5-7-17)13-21(23)24/h13,16-20,22H,2-12,14-15H2,1H3. The summed E-state index contributed by atoms with van der Waals surface area (Å²) < 4.78 is 43.0. The van der Waals surface area contributed by atoms with Crippen LogP contribution in [-0.4, -0.2) is 32.2 Å². The summed E-state index contributed by atoms with van der Waals surface area (Å²) in [5, 5.41) is 0. The van der Waals surface area contributed by atoms with Crippen LogP contribution in [0, 0.1) is 23.7 Å². The largest absolute Gasteiger partial charge is 0.378 e. The number of halogens is 2. The lowest BCUT2D eigenvalue weighted by Gasteiger charge is -2.40. The lowest BCUT2D eigenvalue weighted by molar-refractivity contribution is -0.238. The highest BCUT2D eigenvalue weighted by molar-refractivity contribution is 4.92. The second-order valence-corrected chi connectivity index (χ2v) is 8.69. The van der Waals surface area contributed by atoms with Gasteiger partial charge in [0.2, 0.25) is 0 Å². The summed E-state index contributed by atoms with van der Waals surface area (Å²) >= 11 is 0. The van der Waals surface area contributed by atoms with Crippen molar-refractivity contribution in [2.24, 2.45) is 23.7 Å². The molecule has 27 heavy (non-hydrogen) atoms. The second kappa shape index (κ2) is 10.9. The van der Waals surface area contributed by atoms with Crippen molar-refractivity contribution < 1.29 is 23.0 Å². The highest BCUT2D eigenvalue weighted by Gasteiger charge is 2.36. The van der Waals surface area contributed by atoms with Gasteiger partial charge in [0, 0.05) is 18.4 Å². The Bertz CT molecular complexity index is 442. The van der Waals surface area contributed by atoms with Gasteiger partial charge in [-0.1, -0.05) is 13.3 Å². The molecule has 3 nitrogen and oxygen atoms in total. The van der Waals surface area contributed by atoms with Crippen molar-refractivity contribution in [2.45, 2.75) is 83.5 Å². The lowest BCUT2D eigenvalue weighted by atomic mass is 9.76. The Morgan fingerprint density at radius 3 is 2.11 bits per heavy atom. The minimum absolute atomic E-state index is 0.0548. The number of hydrogen-bond donors (Lipinski definition) is 0. The molecule has 0 spiro atoms. The molecule has 0 N–H and O–H groups in total. The van der Waals surface area contributed by atoms with Gasteiger partial charge in [0.15, 0.2) is 6.29 Å². The molecule has 0 atom stereocenters. The first-order valence-electron chi connectivity index (χ1n) is 11.0. The van der Waals surface area contributed by atoms with Gasteiger partial charge in [-0.15, -0.1) is 0 Å². The van der Waals surface area contributed by atoms with Crippen LogP contribution in [-0.2, 0) is 14.2 Å². The van der Waals surface area contributed by atoms with Crippen LogP contribution in [0.5, 0.6) is 0 Å². The molecule has 3 fully saturated rings. The Morgan fingerprint density at radius 2 is 1.52 bits per heavy atom. The van der Waals surface area contributed by atoms with E-state index >= 15 is 0 Å². The molecular weight excluding hydrogens is 350 g/mol. The van der Waals surface area contributed by atoms with E-state index in [0.717, 1.165) is 83.7 Å². The molecule has 1 heterocycles. The van der Waals surface area contributed by atoms with Gasteiger partial charge in [-0.2, -0.15) is 8.78 Å². The fourth-order valence-electron chi connectivity index (χ4n) is 4.96. The maximum absolute atomic E-state index is 12.4. The van der Waals surface area contributed by atoms with Crippen molar-refractivity contribution in [2.75, 3.05) is 19.8 Å². The molecule has 3 aliphatic rings. The zero-order valence-corrected chi connectivity index (χ0v) is 16.7. The van der Waals surface area contributed by atoms with Crippen LogP contribution in [0.2, 0.25) is 0 Å². The molecule has 0 bridgehead atoms. The summed E-state index contributed by atoms with van der Waals surface area (Å²) in [5.41, 5.74) is 0. The number of hydrogen-bond acceptors (Lipinski definition) is 3. The number of allylic oxidation sites excluding steroid dienone is 1. The minimum Gasteiger partial charge on any atom is -0.378 e. The fourth-order valence-corrected chi connectivity index (χ4v) is 4.96. The van der Waals surface area contributed by atoms with Gasteiger partial charge in [0.05, 0.1) is 19.3 Å². The van der Waals surface area contributed by atoms with Crippen molar-refractivity contribution in [1.29, 1.82) is 0 Å². The van der Waals surface area contributed by atoms with Gasteiger partial charge in [0.1, 0.15) is 0 Å². The van der Waals surface area contributed by atoms with Crippen LogP contribution in [0.15, 0.2) is 12.2 Å². The zero-order valence-electron chi connectivity index (χ0n) is 16.7. The molecule has 5 heteroatoms. The Balaban J connectivity index is 1.33. The minimum atomic E-state index is -1.53. The molecule has 0 aromatic carbocycles. The lowest BCUT2D eigenvalue weighted by Crippen LogP contribution is -2.42. The van der Waals surface area contributed by atoms with E-state index in [1.807, 2.05) is 0 Å². The van der Waals surface area contributed by atoms with Crippen LogP contribution in [0.4, 0.5) is 8.78 Å². The summed E-state index contributed by atoms with van der Waals surface area (Å²) in [5.74, 6) is 1.53. The van der Waals surface area contributed by atoms with E-state index in [0.29, 0.717) is 23.9 Å². The van der Waals surface area contributed by atoms with Crippen molar-refractivity contribution in [3.8, 4) is 0 Å². The van der Waals surface area contributed by atoms with Crippen LogP contribution in [0.1, 0.15) is 71.1 Å². The first kappa shape index (κ1) is 21.2. The molecule has 2 aliphatic carbocycles. The third kappa shape index (κ3) is 6.50.